The average Bonchev–Trinajstić information content (AvgIpc) is 3.10. The normalized spacial score (nSPS) is 10.5. The number of aromatic nitrogens is 3. The second kappa shape index (κ2) is 9.14. The van der Waals surface area contributed by atoms with Crippen molar-refractivity contribution in [3.8, 4) is 5.69 Å². The van der Waals surface area contributed by atoms with Crippen molar-refractivity contribution in [1.82, 2.24) is 20.3 Å². The van der Waals surface area contributed by atoms with Crippen LogP contribution in [-0.4, -0.2) is 40.0 Å². The maximum Gasteiger partial charge on any atom is 0.361 e. The molecule has 0 unspecified atom stereocenters. The van der Waals surface area contributed by atoms with Gasteiger partial charge in [0.2, 0.25) is 0 Å². The molecule has 0 radical (unpaired) electrons. The zero-order valence-electron chi connectivity index (χ0n) is 15.3. The SMILES string of the molecule is Cc1nn(-c2ccccc2)nc1C(=O)OCC(=O)NCCc1ccc(Cl)cc1. The highest BCUT2D eigenvalue weighted by atomic mass is 35.5. The first-order valence-corrected chi connectivity index (χ1v) is 9.08. The Morgan fingerprint density at radius 1 is 1.07 bits per heavy atom. The summed E-state index contributed by atoms with van der Waals surface area (Å²) in [6.45, 7) is 1.72. The number of ether oxygens (including phenoxy) is 1. The monoisotopic (exact) mass is 398 g/mol. The molecule has 0 saturated carbocycles. The number of carbonyl (C=O) groups is 2. The number of rotatable bonds is 7. The fourth-order valence-electron chi connectivity index (χ4n) is 2.49. The summed E-state index contributed by atoms with van der Waals surface area (Å²) >= 11 is 5.84. The van der Waals surface area contributed by atoms with Crippen molar-refractivity contribution in [2.24, 2.45) is 0 Å². The van der Waals surface area contributed by atoms with Crippen molar-refractivity contribution >= 4 is 23.5 Å². The molecule has 0 fully saturated rings. The second-order valence-electron chi connectivity index (χ2n) is 6.06. The zero-order valence-corrected chi connectivity index (χ0v) is 16.0. The molecular weight excluding hydrogens is 380 g/mol. The number of aryl methyl sites for hydroxylation is 1. The molecule has 0 spiro atoms. The van der Waals surface area contributed by atoms with E-state index in [1.165, 1.54) is 4.80 Å². The molecular formula is C20H19ClN4O3. The predicted molar refractivity (Wildman–Crippen MR) is 105 cm³/mol. The molecule has 1 amide bonds. The first kappa shape index (κ1) is 19.6. The molecule has 0 aliphatic heterocycles. The van der Waals surface area contributed by atoms with E-state index in [1.54, 1.807) is 19.1 Å². The number of para-hydroxylation sites is 1. The maximum absolute atomic E-state index is 12.2. The highest BCUT2D eigenvalue weighted by molar-refractivity contribution is 6.30. The molecule has 0 atom stereocenters. The highest BCUT2D eigenvalue weighted by Crippen LogP contribution is 2.10. The number of hydrogen-bond donors (Lipinski definition) is 1. The molecule has 0 aliphatic rings. The van der Waals surface area contributed by atoms with Crippen LogP contribution in [0.25, 0.3) is 5.69 Å². The van der Waals surface area contributed by atoms with E-state index < -0.39 is 5.97 Å². The van der Waals surface area contributed by atoms with Gasteiger partial charge in [-0.2, -0.15) is 9.90 Å². The van der Waals surface area contributed by atoms with Gasteiger partial charge in [-0.3, -0.25) is 4.79 Å². The molecule has 144 valence electrons. The van der Waals surface area contributed by atoms with Crippen LogP contribution in [0.3, 0.4) is 0 Å². The van der Waals surface area contributed by atoms with Crippen LogP contribution in [0.15, 0.2) is 54.6 Å². The Bertz CT molecular complexity index is 955. The number of nitrogens with one attached hydrogen (secondary N) is 1. The van der Waals surface area contributed by atoms with Crippen LogP contribution >= 0.6 is 11.6 Å². The van der Waals surface area contributed by atoms with Gasteiger partial charge in [0.1, 0.15) is 0 Å². The molecule has 1 heterocycles. The Morgan fingerprint density at radius 2 is 1.79 bits per heavy atom. The number of hydrogen-bond acceptors (Lipinski definition) is 5. The van der Waals surface area contributed by atoms with Crippen LogP contribution in [0, 0.1) is 6.92 Å². The molecule has 28 heavy (non-hydrogen) atoms. The van der Waals surface area contributed by atoms with Crippen molar-refractivity contribution in [1.29, 1.82) is 0 Å². The van der Waals surface area contributed by atoms with Gasteiger partial charge in [-0.25, -0.2) is 4.79 Å². The Kier molecular flexibility index (Phi) is 6.39. The van der Waals surface area contributed by atoms with E-state index in [4.69, 9.17) is 16.3 Å². The third-order valence-corrected chi connectivity index (χ3v) is 4.20. The van der Waals surface area contributed by atoms with Gasteiger partial charge in [-0.05, 0) is 43.2 Å². The molecule has 2 aromatic carbocycles. The molecule has 1 N–H and O–H groups in total. The summed E-state index contributed by atoms with van der Waals surface area (Å²) < 4.78 is 5.05. The predicted octanol–water partition coefficient (Wildman–Crippen LogP) is 2.74. The number of esters is 1. The van der Waals surface area contributed by atoms with Crippen LogP contribution in [0.4, 0.5) is 0 Å². The summed E-state index contributed by atoms with van der Waals surface area (Å²) in [5.74, 6) is -1.07. The molecule has 0 saturated heterocycles. The Labute approximate surface area is 167 Å². The standard InChI is InChI=1S/C20H19ClN4O3/c1-14-19(24-25(23-14)17-5-3-2-4-6-17)20(27)28-13-18(26)22-12-11-15-7-9-16(21)10-8-15/h2-10H,11-13H2,1H3,(H,22,26). The minimum absolute atomic E-state index is 0.0813. The van der Waals surface area contributed by atoms with Gasteiger partial charge in [0.05, 0.1) is 11.4 Å². The lowest BCUT2D eigenvalue weighted by Gasteiger charge is -2.06. The van der Waals surface area contributed by atoms with Crippen LogP contribution in [-0.2, 0) is 16.0 Å². The van der Waals surface area contributed by atoms with Crippen LogP contribution in [0.2, 0.25) is 5.02 Å². The van der Waals surface area contributed by atoms with Crippen LogP contribution < -0.4 is 5.32 Å². The van der Waals surface area contributed by atoms with Gasteiger partial charge in [-0.15, -0.1) is 5.10 Å². The summed E-state index contributed by atoms with van der Waals surface area (Å²) in [5, 5.41) is 11.7. The number of amides is 1. The number of nitrogens with zero attached hydrogens (tertiary/aromatic N) is 3. The van der Waals surface area contributed by atoms with Gasteiger partial charge in [0, 0.05) is 11.6 Å². The minimum atomic E-state index is -0.687. The maximum atomic E-state index is 12.2. The van der Waals surface area contributed by atoms with E-state index in [0.29, 0.717) is 23.7 Å². The van der Waals surface area contributed by atoms with Crippen LogP contribution in [0.5, 0.6) is 0 Å². The summed E-state index contributed by atoms with van der Waals surface area (Å²) in [5.41, 5.74) is 2.29. The fourth-order valence-corrected chi connectivity index (χ4v) is 2.62. The number of benzene rings is 2. The number of halogens is 1. The third-order valence-electron chi connectivity index (χ3n) is 3.95. The van der Waals surface area contributed by atoms with Crippen molar-refractivity contribution in [3.63, 3.8) is 0 Å². The van der Waals surface area contributed by atoms with E-state index >= 15 is 0 Å². The molecule has 7 nitrogen and oxygen atoms in total. The van der Waals surface area contributed by atoms with Gasteiger partial charge in [0.15, 0.2) is 12.3 Å². The molecule has 0 aliphatic carbocycles. The fraction of sp³-hybridized carbons (Fsp3) is 0.200. The smallest absolute Gasteiger partial charge is 0.361 e. The molecule has 0 bridgehead atoms. The molecule has 3 aromatic rings. The van der Waals surface area contributed by atoms with Gasteiger partial charge >= 0.3 is 5.97 Å². The molecule has 3 rings (SSSR count). The Hall–Kier alpha value is -3.19. The van der Waals surface area contributed by atoms with Gasteiger partial charge in [-0.1, -0.05) is 41.9 Å². The van der Waals surface area contributed by atoms with Gasteiger partial charge < -0.3 is 10.1 Å². The summed E-state index contributed by atoms with van der Waals surface area (Å²) in [6.07, 6.45) is 0.654. The van der Waals surface area contributed by atoms with Crippen LogP contribution in [0.1, 0.15) is 21.7 Å². The summed E-state index contributed by atoms with van der Waals surface area (Å²) in [7, 11) is 0. The number of carbonyl (C=O) groups excluding carboxylic acids is 2. The average molecular weight is 399 g/mol. The summed E-state index contributed by atoms with van der Waals surface area (Å²) in [6, 6.07) is 16.6. The van der Waals surface area contributed by atoms with E-state index in [2.05, 4.69) is 15.5 Å². The second-order valence-corrected chi connectivity index (χ2v) is 6.50. The Morgan fingerprint density at radius 3 is 2.50 bits per heavy atom. The molecule has 1 aromatic heterocycles. The van der Waals surface area contributed by atoms with E-state index in [9.17, 15) is 9.59 Å². The highest BCUT2D eigenvalue weighted by Gasteiger charge is 2.18. The van der Waals surface area contributed by atoms with E-state index in [0.717, 1.165) is 11.3 Å². The van der Waals surface area contributed by atoms with E-state index in [-0.39, 0.29) is 18.2 Å². The minimum Gasteiger partial charge on any atom is -0.451 e. The lowest BCUT2D eigenvalue weighted by Crippen LogP contribution is -2.30. The topological polar surface area (TPSA) is 86.1 Å². The largest absolute Gasteiger partial charge is 0.451 e. The lowest BCUT2D eigenvalue weighted by atomic mass is 10.1. The third kappa shape index (κ3) is 5.17. The molecule has 8 heteroatoms. The van der Waals surface area contributed by atoms with Crippen molar-refractivity contribution < 1.29 is 14.3 Å². The summed E-state index contributed by atoms with van der Waals surface area (Å²) in [4.78, 5) is 25.5. The van der Waals surface area contributed by atoms with Crippen molar-refractivity contribution in [3.05, 3.63) is 76.6 Å². The van der Waals surface area contributed by atoms with E-state index in [1.807, 2.05) is 42.5 Å². The first-order valence-electron chi connectivity index (χ1n) is 8.70. The quantitative estimate of drug-likeness (QED) is 0.618. The van der Waals surface area contributed by atoms with Crippen molar-refractivity contribution in [2.75, 3.05) is 13.2 Å². The Balaban J connectivity index is 1.48. The van der Waals surface area contributed by atoms with Gasteiger partial charge in [0.25, 0.3) is 5.91 Å². The first-order chi connectivity index (χ1) is 13.5. The lowest BCUT2D eigenvalue weighted by molar-refractivity contribution is -0.124. The zero-order chi connectivity index (χ0) is 19.9. The van der Waals surface area contributed by atoms with Crippen molar-refractivity contribution in [2.45, 2.75) is 13.3 Å².